The van der Waals surface area contributed by atoms with Crippen LogP contribution in [0.3, 0.4) is 0 Å². The van der Waals surface area contributed by atoms with Crippen LogP contribution < -0.4 is 0 Å². The summed E-state index contributed by atoms with van der Waals surface area (Å²) in [4.78, 5) is 38.0. The number of hydrogen-bond acceptors (Lipinski definition) is 7. The van der Waals surface area contributed by atoms with E-state index in [4.69, 9.17) is 0 Å². The van der Waals surface area contributed by atoms with E-state index in [9.17, 15) is 35.1 Å². The summed E-state index contributed by atoms with van der Waals surface area (Å²) in [5.41, 5.74) is 0. The van der Waals surface area contributed by atoms with E-state index in [2.05, 4.69) is 6.08 Å². The van der Waals surface area contributed by atoms with Gasteiger partial charge in [0.05, 0.1) is 0 Å². The van der Waals surface area contributed by atoms with Crippen LogP contribution in [0.1, 0.15) is 64.2 Å². The molecule has 0 heterocycles. The van der Waals surface area contributed by atoms with Crippen LogP contribution in [0.15, 0.2) is 36.5 Å². The zero-order valence-corrected chi connectivity index (χ0v) is 15.8. The van der Waals surface area contributed by atoms with Gasteiger partial charge in [-0.2, -0.15) is 0 Å². The molecule has 0 atom stereocenters. The lowest BCUT2D eigenvalue weighted by Crippen LogP contribution is -2.52. The molecule has 0 unspecified atom stereocenters. The fourth-order valence-electron chi connectivity index (χ4n) is 2.35. The molecule has 28 heavy (non-hydrogen) atoms. The molecule has 0 spiro atoms. The third-order valence-electron chi connectivity index (χ3n) is 4.01. The molecular formula is C18H27N3O7. The van der Waals surface area contributed by atoms with Crippen molar-refractivity contribution in [3.63, 3.8) is 0 Å². The Labute approximate surface area is 163 Å². The molecule has 10 heteroatoms. The predicted molar refractivity (Wildman–Crippen MR) is 103 cm³/mol. The third-order valence-corrected chi connectivity index (χ3v) is 4.01. The van der Waals surface area contributed by atoms with Gasteiger partial charge in [-0.25, -0.2) is 0 Å². The number of hydrogen-bond donors (Lipinski definition) is 0. The van der Waals surface area contributed by atoms with Gasteiger partial charge in [0, 0.05) is 6.42 Å². The van der Waals surface area contributed by atoms with Crippen molar-refractivity contribution in [3.05, 3.63) is 66.8 Å². The summed E-state index contributed by atoms with van der Waals surface area (Å²) < 4.78 is 0. The lowest BCUT2D eigenvalue weighted by atomic mass is 10.1. The monoisotopic (exact) mass is 397 g/mol. The van der Waals surface area contributed by atoms with E-state index in [-0.39, 0.29) is 0 Å². The van der Waals surface area contributed by atoms with Gasteiger partial charge in [-0.1, -0.05) is 55.7 Å². The lowest BCUT2D eigenvalue weighted by Gasteiger charge is -2.06. The second-order valence-electron chi connectivity index (χ2n) is 6.15. The summed E-state index contributed by atoms with van der Waals surface area (Å²) in [6.07, 6.45) is 18.5. The molecule has 0 aromatic rings. The highest BCUT2D eigenvalue weighted by molar-refractivity contribution is 5.48. The Hall–Kier alpha value is -2.91. The molecule has 0 radical (unpaired) electrons. The Morgan fingerprint density at radius 3 is 1.54 bits per heavy atom. The van der Waals surface area contributed by atoms with Gasteiger partial charge in [0.1, 0.15) is 6.29 Å². The molecule has 0 aliphatic heterocycles. The van der Waals surface area contributed by atoms with Crippen molar-refractivity contribution in [2.75, 3.05) is 0 Å². The number of rotatable bonds is 17. The van der Waals surface area contributed by atoms with Crippen molar-refractivity contribution in [1.82, 2.24) is 0 Å². The average molecular weight is 397 g/mol. The van der Waals surface area contributed by atoms with Crippen molar-refractivity contribution in [1.29, 1.82) is 0 Å². The number of aldehydes is 1. The first-order valence-corrected chi connectivity index (χ1v) is 9.21. The van der Waals surface area contributed by atoms with Crippen LogP contribution in [0, 0.1) is 30.3 Å². The molecule has 0 rings (SSSR count). The molecule has 0 aromatic carbocycles. The second kappa shape index (κ2) is 15.2. The smallest absolute Gasteiger partial charge is 0.303 e. The maximum Gasteiger partial charge on any atom is 0.703 e. The van der Waals surface area contributed by atoms with Gasteiger partial charge < -0.3 is 4.79 Å². The minimum absolute atomic E-state index is 0.373. The molecule has 10 nitrogen and oxygen atoms in total. The standard InChI is InChI=1S/C18H27N3O7/c22-17-15-13-11-9-7-5-3-1-2-4-6-8-10-12-14-16-18(19(23)24,20(25)26)21(27)28/h1-2,6,8,12,14,17H,3-5,7,9-11,13,15-16H2. The van der Waals surface area contributed by atoms with Gasteiger partial charge in [-0.05, 0) is 32.1 Å². The van der Waals surface area contributed by atoms with E-state index in [1.165, 1.54) is 6.08 Å². The minimum Gasteiger partial charge on any atom is -0.303 e. The molecular weight excluding hydrogens is 370 g/mol. The largest absolute Gasteiger partial charge is 0.703 e. The van der Waals surface area contributed by atoms with Crippen LogP contribution in [-0.4, -0.2) is 26.8 Å². The highest BCUT2D eigenvalue weighted by atomic mass is 16.7. The van der Waals surface area contributed by atoms with Crippen LogP contribution in [0.25, 0.3) is 0 Å². The van der Waals surface area contributed by atoms with Gasteiger partial charge in [0.2, 0.25) is 0 Å². The molecule has 0 saturated heterocycles. The molecule has 0 saturated carbocycles. The number of carbonyl (C=O) groups is 1. The fourth-order valence-corrected chi connectivity index (χ4v) is 2.35. The van der Waals surface area contributed by atoms with Gasteiger partial charge >= 0.3 is 5.79 Å². The molecule has 0 aliphatic carbocycles. The first-order chi connectivity index (χ1) is 13.4. The normalized spacial score (nSPS) is 12.1. The van der Waals surface area contributed by atoms with Crippen molar-refractivity contribution >= 4 is 6.29 Å². The van der Waals surface area contributed by atoms with Crippen LogP contribution in [0.5, 0.6) is 0 Å². The maximum atomic E-state index is 10.7. The average Bonchev–Trinajstić information content (AvgIpc) is 2.63. The molecule has 156 valence electrons. The Morgan fingerprint density at radius 1 is 0.607 bits per heavy atom. The van der Waals surface area contributed by atoms with Crippen molar-refractivity contribution < 1.29 is 19.6 Å². The number of unbranched alkanes of at least 4 members (excludes halogenated alkanes) is 6. The summed E-state index contributed by atoms with van der Waals surface area (Å²) in [5.74, 6) is -3.43. The molecule has 0 aliphatic rings. The Bertz CT molecular complexity index is 564. The summed E-state index contributed by atoms with van der Waals surface area (Å²) in [5, 5.41) is 32.2. The van der Waals surface area contributed by atoms with E-state index < -0.39 is 27.0 Å². The highest BCUT2D eigenvalue weighted by Crippen LogP contribution is 2.18. The summed E-state index contributed by atoms with van der Waals surface area (Å²) in [7, 11) is 0. The predicted octanol–water partition coefficient (Wildman–Crippen LogP) is 4.24. The summed E-state index contributed by atoms with van der Waals surface area (Å²) in [6.45, 7) is 0. The number of allylic oxidation sites excluding steroid dienone is 5. The van der Waals surface area contributed by atoms with Gasteiger partial charge in [0.25, 0.3) is 0 Å². The van der Waals surface area contributed by atoms with Gasteiger partial charge in [-0.15, -0.1) is 0 Å². The minimum atomic E-state index is -3.43. The van der Waals surface area contributed by atoms with Crippen molar-refractivity contribution in [3.8, 4) is 0 Å². The second-order valence-corrected chi connectivity index (χ2v) is 6.15. The Kier molecular flexibility index (Phi) is 13.6. The highest BCUT2D eigenvalue weighted by Gasteiger charge is 2.69. The van der Waals surface area contributed by atoms with E-state index in [1.807, 2.05) is 12.2 Å². The zero-order valence-electron chi connectivity index (χ0n) is 15.8. The Balaban J connectivity index is 4.00. The van der Waals surface area contributed by atoms with Gasteiger partial charge in [0.15, 0.2) is 21.2 Å². The summed E-state index contributed by atoms with van der Waals surface area (Å²) in [6, 6.07) is 0. The molecule has 0 amide bonds. The van der Waals surface area contributed by atoms with Crippen LogP contribution in [0.4, 0.5) is 0 Å². The first kappa shape index (κ1) is 25.1. The topological polar surface area (TPSA) is 146 Å². The van der Waals surface area contributed by atoms with Gasteiger partial charge in [-0.3, -0.25) is 30.3 Å². The van der Waals surface area contributed by atoms with E-state index >= 15 is 0 Å². The maximum absolute atomic E-state index is 10.7. The summed E-state index contributed by atoms with van der Waals surface area (Å²) >= 11 is 0. The zero-order chi connectivity index (χ0) is 21.3. The fraction of sp³-hybridized carbons (Fsp3) is 0.611. The van der Waals surface area contributed by atoms with Crippen molar-refractivity contribution in [2.24, 2.45) is 0 Å². The van der Waals surface area contributed by atoms with E-state index in [0.29, 0.717) is 12.8 Å². The third kappa shape index (κ3) is 9.70. The van der Waals surface area contributed by atoms with E-state index in [1.54, 1.807) is 6.08 Å². The Morgan fingerprint density at radius 2 is 1.04 bits per heavy atom. The van der Waals surface area contributed by atoms with Crippen LogP contribution in [0.2, 0.25) is 0 Å². The molecule has 0 aromatic heterocycles. The molecule has 0 fully saturated rings. The lowest BCUT2D eigenvalue weighted by molar-refractivity contribution is -0.968. The molecule has 0 N–H and O–H groups in total. The number of nitro groups is 3. The quantitative estimate of drug-likeness (QED) is 0.0890. The number of carbonyl (C=O) groups excluding carboxylic acids is 1. The van der Waals surface area contributed by atoms with E-state index in [0.717, 1.165) is 57.3 Å². The van der Waals surface area contributed by atoms with Crippen LogP contribution >= 0.6 is 0 Å². The molecule has 0 bridgehead atoms. The first-order valence-electron chi connectivity index (χ1n) is 9.21. The van der Waals surface area contributed by atoms with Crippen molar-refractivity contribution in [2.45, 2.75) is 70.0 Å². The SMILES string of the molecule is O=CCCCCCCCC=CCC=CCC=CCC([N+](=O)[O-])([N+](=O)[O-])[N+](=O)[O-]. The number of nitrogens with zero attached hydrogens (tertiary/aromatic N) is 3. The van der Waals surface area contributed by atoms with Crippen LogP contribution in [-0.2, 0) is 4.79 Å².